The number of aryl methyl sites for hydroxylation is 4. The SMILES string of the molecule is Cc1cc2c(cn1)cc(-c1cc(NC(=O)c3nccn3C)ccc1C)c(=O)n2C. The molecule has 29 heavy (non-hydrogen) atoms. The van der Waals surface area contributed by atoms with Crippen molar-refractivity contribution in [3.63, 3.8) is 0 Å². The lowest BCUT2D eigenvalue weighted by molar-refractivity contribution is 0.101. The molecule has 0 radical (unpaired) electrons. The predicted octanol–water partition coefficient (Wildman–Crippen LogP) is 3.20. The third kappa shape index (κ3) is 3.31. The highest BCUT2D eigenvalue weighted by Gasteiger charge is 2.15. The molecule has 1 aromatic carbocycles. The number of imidazole rings is 1. The monoisotopic (exact) mass is 387 g/mol. The minimum atomic E-state index is -0.307. The van der Waals surface area contributed by atoms with Gasteiger partial charge in [0.25, 0.3) is 11.5 Å². The van der Waals surface area contributed by atoms with Crippen LogP contribution in [0.2, 0.25) is 0 Å². The van der Waals surface area contributed by atoms with Gasteiger partial charge in [0, 0.05) is 55.0 Å². The van der Waals surface area contributed by atoms with Crippen LogP contribution < -0.4 is 10.9 Å². The maximum atomic E-state index is 13.1. The van der Waals surface area contributed by atoms with E-state index in [4.69, 9.17) is 0 Å². The van der Waals surface area contributed by atoms with Crippen molar-refractivity contribution < 1.29 is 4.79 Å². The van der Waals surface area contributed by atoms with Crippen LogP contribution in [-0.4, -0.2) is 25.0 Å². The summed E-state index contributed by atoms with van der Waals surface area (Å²) in [7, 11) is 3.52. The van der Waals surface area contributed by atoms with Crippen LogP contribution in [0.3, 0.4) is 0 Å². The molecule has 0 unspecified atom stereocenters. The summed E-state index contributed by atoms with van der Waals surface area (Å²) in [5.41, 5.74) is 4.47. The molecular weight excluding hydrogens is 366 g/mol. The van der Waals surface area contributed by atoms with Crippen molar-refractivity contribution >= 4 is 22.5 Å². The molecule has 1 N–H and O–H groups in total. The van der Waals surface area contributed by atoms with Gasteiger partial charge < -0.3 is 14.5 Å². The van der Waals surface area contributed by atoms with Crippen molar-refractivity contribution in [2.24, 2.45) is 14.1 Å². The van der Waals surface area contributed by atoms with Crippen molar-refractivity contribution in [3.05, 3.63) is 76.4 Å². The summed E-state index contributed by atoms with van der Waals surface area (Å²) in [6, 6.07) is 9.28. The second kappa shape index (κ2) is 7.01. The topological polar surface area (TPSA) is 81.8 Å². The smallest absolute Gasteiger partial charge is 0.291 e. The number of rotatable bonds is 3. The van der Waals surface area contributed by atoms with Gasteiger partial charge in [-0.2, -0.15) is 0 Å². The summed E-state index contributed by atoms with van der Waals surface area (Å²) in [5, 5.41) is 3.74. The molecule has 7 nitrogen and oxygen atoms in total. The molecule has 0 fully saturated rings. The van der Waals surface area contributed by atoms with E-state index < -0.39 is 0 Å². The van der Waals surface area contributed by atoms with E-state index in [-0.39, 0.29) is 11.5 Å². The molecule has 7 heteroatoms. The summed E-state index contributed by atoms with van der Waals surface area (Å²) in [5.74, 6) is 0.00794. The molecule has 0 bridgehead atoms. The van der Waals surface area contributed by atoms with Crippen molar-refractivity contribution in [1.82, 2.24) is 19.1 Å². The summed E-state index contributed by atoms with van der Waals surface area (Å²) in [6.45, 7) is 3.84. The van der Waals surface area contributed by atoms with Crippen LogP contribution in [0.15, 0.2) is 53.7 Å². The molecule has 0 saturated carbocycles. The van der Waals surface area contributed by atoms with E-state index in [0.29, 0.717) is 17.1 Å². The largest absolute Gasteiger partial charge is 0.330 e. The number of hydrogen-bond acceptors (Lipinski definition) is 4. The highest BCUT2D eigenvalue weighted by atomic mass is 16.2. The van der Waals surface area contributed by atoms with Gasteiger partial charge in [-0.05, 0) is 49.2 Å². The molecule has 0 aliphatic heterocycles. The number of hydrogen-bond donors (Lipinski definition) is 1. The number of amides is 1. The van der Waals surface area contributed by atoms with Crippen LogP contribution >= 0.6 is 0 Å². The first kappa shape index (κ1) is 18.6. The lowest BCUT2D eigenvalue weighted by Crippen LogP contribution is -2.20. The zero-order valence-electron chi connectivity index (χ0n) is 16.7. The van der Waals surface area contributed by atoms with E-state index in [0.717, 1.165) is 27.7 Å². The molecule has 1 amide bonds. The first-order valence-electron chi connectivity index (χ1n) is 9.21. The van der Waals surface area contributed by atoms with Crippen LogP contribution in [0.4, 0.5) is 5.69 Å². The highest BCUT2D eigenvalue weighted by molar-refractivity contribution is 6.02. The van der Waals surface area contributed by atoms with E-state index in [1.807, 2.05) is 44.2 Å². The Hall–Kier alpha value is -3.74. The average molecular weight is 387 g/mol. The molecule has 3 heterocycles. The molecule has 4 aromatic rings. The summed E-state index contributed by atoms with van der Waals surface area (Å²) in [6.07, 6.45) is 5.06. The zero-order valence-corrected chi connectivity index (χ0v) is 16.7. The Balaban J connectivity index is 1.80. The Kier molecular flexibility index (Phi) is 4.50. The van der Waals surface area contributed by atoms with Gasteiger partial charge in [0.05, 0.1) is 5.52 Å². The molecule has 0 spiro atoms. The number of carbonyl (C=O) groups is 1. The minimum Gasteiger partial charge on any atom is -0.330 e. The predicted molar refractivity (Wildman–Crippen MR) is 113 cm³/mol. The van der Waals surface area contributed by atoms with Crippen molar-refractivity contribution in [1.29, 1.82) is 0 Å². The Morgan fingerprint density at radius 3 is 2.55 bits per heavy atom. The van der Waals surface area contributed by atoms with E-state index in [9.17, 15) is 9.59 Å². The van der Waals surface area contributed by atoms with Crippen LogP contribution in [0.25, 0.3) is 22.0 Å². The highest BCUT2D eigenvalue weighted by Crippen LogP contribution is 2.27. The molecule has 4 rings (SSSR count). The van der Waals surface area contributed by atoms with Crippen LogP contribution in [0, 0.1) is 13.8 Å². The van der Waals surface area contributed by atoms with Gasteiger partial charge in [-0.15, -0.1) is 0 Å². The molecule has 0 atom stereocenters. The fourth-order valence-electron chi connectivity index (χ4n) is 3.42. The average Bonchev–Trinajstić information content (AvgIpc) is 3.13. The van der Waals surface area contributed by atoms with Gasteiger partial charge in [0.15, 0.2) is 5.82 Å². The molecule has 0 aliphatic rings. The second-order valence-electron chi connectivity index (χ2n) is 7.15. The molecule has 0 aliphatic carbocycles. The Bertz CT molecular complexity index is 1320. The number of nitrogens with zero attached hydrogens (tertiary/aromatic N) is 4. The number of benzene rings is 1. The molecule has 3 aromatic heterocycles. The maximum Gasteiger partial charge on any atom is 0.291 e. The number of nitrogens with one attached hydrogen (secondary N) is 1. The third-order valence-electron chi connectivity index (χ3n) is 5.05. The van der Waals surface area contributed by atoms with Gasteiger partial charge in [-0.1, -0.05) is 6.07 Å². The summed E-state index contributed by atoms with van der Waals surface area (Å²) < 4.78 is 3.29. The first-order chi connectivity index (χ1) is 13.8. The van der Waals surface area contributed by atoms with Crippen molar-refractivity contribution in [3.8, 4) is 11.1 Å². The quantitative estimate of drug-likeness (QED) is 0.585. The van der Waals surface area contributed by atoms with E-state index in [2.05, 4.69) is 15.3 Å². The second-order valence-corrected chi connectivity index (χ2v) is 7.15. The van der Waals surface area contributed by atoms with Gasteiger partial charge in [-0.3, -0.25) is 14.6 Å². The maximum absolute atomic E-state index is 13.1. The van der Waals surface area contributed by atoms with E-state index in [1.165, 1.54) is 0 Å². The third-order valence-corrected chi connectivity index (χ3v) is 5.05. The number of fused-ring (bicyclic) bond motifs is 1. The number of carbonyl (C=O) groups excluding carboxylic acids is 1. The molecule has 0 saturated heterocycles. The lowest BCUT2D eigenvalue weighted by Gasteiger charge is -2.13. The van der Waals surface area contributed by atoms with Crippen molar-refractivity contribution in [2.75, 3.05) is 5.32 Å². The van der Waals surface area contributed by atoms with Crippen molar-refractivity contribution in [2.45, 2.75) is 13.8 Å². The van der Waals surface area contributed by atoms with E-state index >= 15 is 0 Å². The van der Waals surface area contributed by atoms with E-state index in [1.54, 1.807) is 41.8 Å². The molecular formula is C22H21N5O2. The van der Waals surface area contributed by atoms with Gasteiger partial charge >= 0.3 is 0 Å². The van der Waals surface area contributed by atoms with Crippen LogP contribution in [0.1, 0.15) is 21.9 Å². The normalized spacial score (nSPS) is 11.0. The van der Waals surface area contributed by atoms with Crippen LogP contribution in [-0.2, 0) is 14.1 Å². The summed E-state index contributed by atoms with van der Waals surface area (Å²) in [4.78, 5) is 34.0. The number of aromatic nitrogens is 4. The Morgan fingerprint density at radius 1 is 1.03 bits per heavy atom. The lowest BCUT2D eigenvalue weighted by atomic mass is 9.99. The minimum absolute atomic E-state index is 0.0984. The first-order valence-corrected chi connectivity index (χ1v) is 9.21. The Morgan fingerprint density at radius 2 is 1.83 bits per heavy atom. The van der Waals surface area contributed by atoms with Crippen LogP contribution in [0.5, 0.6) is 0 Å². The van der Waals surface area contributed by atoms with Gasteiger partial charge in [-0.25, -0.2) is 4.98 Å². The Labute approximate surface area is 167 Å². The molecule has 146 valence electrons. The number of pyridine rings is 2. The van der Waals surface area contributed by atoms with Gasteiger partial charge in [0.2, 0.25) is 0 Å². The fourth-order valence-corrected chi connectivity index (χ4v) is 3.42. The zero-order chi connectivity index (χ0) is 20.7. The fraction of sp³-hybridized carbons (Fsp3) is 0.182. The standard InChI is InChI=1S/C22H21N5O2/c1-13-5-6-16(25-21(28)20-23-7-8-26(20)3)11-17(13)18-10-15-12-24-14(2)9-19(15)27(4)22(18)29/h5-12H,1-4H3,(H,25,28). The number of anilines is 1. The van der Waals surface area contributed by atoms with Gasteiger partial charge in [0.1, 0.15) is 0 Å². The summed E-state index contributed by atoms with van der Waals surface area (Å²) >= 11 is 0.